The third-order valence-corrected chi connectivity index (χ3v) is 3.50. The maximum atomic E-state index is 2.68. The SMILES string of the molecule is CC1CCN(CC2CCCC2)C1. The third kappa shape index (κ3) is 2.01. The van der Waals surface area contributed by atoms with E-state index in [9.17, 15) is 0 Å². The fourth-order valence-corrected chi connectivity index (χ4v) is 2.75. The lowest BCUT2D eigenvalue weighted by Gasteiger charge is -2.19. The van der Waals surface area contributed by atoms with E-state index in [2.05, 4.69) is 11.8 Å². The van der Waals surface area contributed by atoms with Crippen LogP contribution in [-0.4, -0.2) is 24.5 Å². The Morgan fingerprint density at radius 3 is 2.50 bits per heavy atom. The van der Waals surface area contributed by atoms with Crippen molar-refractivity contribution in [2.45, 2.75) is 39.0 Å². The minimum absolute atomic E-state index is 0.964. The monoisotopic (exact) mass is 167 g/mol. The lowest BCUT2D eigenvalue weighted by Crippen LogP contribution is -2.26. The van der Waals surface area contributed by atoms with Crippen LogP contribution < -0.4 is 0 Å². The van der Waals surface area contributed by atoms with Crippen molar-refractivity contribution in [3.8, 4) is 0 Å². The Kier molecular flexibility index (Phi) is 2.69. The average Bonchev–Trinajstić information content (AvgIpc) is 2.63. The summed E-state index contributed by atoms with van der Waals surface area (Å²) in [7, 11) is 0. The van der Waals surface area contributed by atoms with E-state index in [4.69, 9.17) is 0 Å². The van der Waals surface area contributed by atoms with Gasteiger partial charge >= 0.3 is 0 Å². The molecule has 1 saturated carbocycles. The second kappa shape index (κ2) is 3.78. The van der Waals surface area contributed by atoms with Gasteiger partial charge in [0, 0.05) is 13.1 Å². The molecular formula is C11H21N. The van der Waals surface area contributed by atoms with Crippen molar-refractivity contribution in [2.75, 3.05) is 19.6 Å². The zero-order valence-corrected chi connectivity index (χ0v) is 8.26. The summed E-state index contributed by atoms with van der Waals surface area (Å²) in [5.41, 5.74) is 0. The lowest BCUT2D eigenvalue weighted by atomic mass is 10.1. The molecule has 0 bridgehead atoms. The second-order valence-corrected chi connectivity index (χ2v) is 4.80. The maximum Gasteiger partial charge on any atom is 0.000977 e. The number of hydrogen-bond acceptors (Lipinski definition) is 1. The largest absolute Gasteiger partial charge is 0.303 e. The Bertz CT molecular complexity index is 138. The molecule has 1 unspecified atom stereocenters. The minimum atomic E-state index is 0.964. The quantitative estimate of drug-likeness (QED) is 0.611. The van der Waals surface area contributed by atoms with Crippen LogP contribution in [0.5, 0.6) is 0 Å². The smallest absolute Gasteiger partial charge is 0.000977 e. The topological polar surface area (TPSA) is 3.24 Å². The molecule has 0 spiro atoms. The number of likely N-dealkylation sites (tertiary alicyclic amines) is 1. The van der Waals surface area contributed by atoms with Gasteiger partial charge < -0.3 is 4.90 Å². The number of hydrogen-bond donors (Lipinski definition) is 0. The van der Waals surface area contributed by atoms with Gasteiger partial charge in [0.2, 0.25) is 0 Å². The standard InChI is InChI=1S/C11H21N/c1-10-6-7-12(8-10)9-11-4-2-3-5-11/h10-11H,2-9H2,1H3. The van der Waals surface area contributed by atoms with Crippen LogP contribution in [0.1, 0.15) is 39.0 Å². The molecule has 0 N–H and O–H groups in total. The molecule has 1 heterocycles. The average molecular weight is 167 g/mol. The Balaban J connectivity index is 1.72. The van der Waals surface area contributed by atoms with Gasteiger partial charge in [-0.15, -0.1) is 0 Å². The van der Waals surface area contributed by atoms with Gasteiger partial charge in [-0.2, -0.15) is 0 Å². The van der Waals surface area contributed by atoms with Crippen LogP contribution >= 0.6 is 0 Å². The van der Waals surface area contributed by atoms with Crippen molar-refractivity contribution in [1.29, 1.82) is 0 Å². The zero-order chi connectivity index (χ0) is 8.39. The summed E-state index contributed by atoms with van der Waals surface area (Å²) < 4.78 is 0. The van der Waals surface area contributed by atoms with Gasteiger partial charge in [-0.05, 0) is 37.6 Å². The predicted octanol–water partition coefficient (Wildman–Crippen LogP) is 2.52. The fourth-order valence-electron chi connectivity index (χ4n) is 2.75. The summed E-state index contributed by atoms with van der Waals surface area (Å²) in [5.74, 6) is 2.02. The molecular weight excluding hydrogens is 146 g/mol. The van der Waals surface area contributed by atoms with Gasteiger partial charge in [-0.1, -0.05) is 19.8 Å². The molecule has 1 aliphatic carbocycles. The van der Waals surface area contributed by atoms with Crippen molar-refractivity contribution in [3.63, 3.8) is 0 Å². The third-order valence-electron chi connectivity index (χ3n) is 3.50. The van der Waals surface area contributed by atoms with Crippen LogP contribution in [0.2, 0.25) is 0 Å². The molecule has 1 heteroatoms. The molecule has 0 aromatic heterocycles. The molecule has 2 aliphatic rings. The van der Waals surface area contributed by atoms with Gasteiger partial charge in [-0.25, -0.2) is 0 Å². The van der Waals surface area contributed by atoms with Crippen LogP contribution in [0.3, 0.4) is 0 Å². The van der Waals surface area contributed by atoms with Crippen LogP contribution in [-0.2, 0) is 0 Å². The highest BCUT2D eigenvalue weighted by molar-refractivity contribution is 4.77. The predicted molar refractivity (Wildman–Crippen MR) is 52.2 cm³/mol. The highest BCUT2D eigenvalue weighted by Gasteiger charge is 2.23. The van der Waals surface area contributed by atoms with Crippen LogP contribution in [0.4, 0.5) is 0 Å². The molecule has 2 rings (SSSR count). The Morgan fingerprint density at radius 2 is 1.92 bits per heavy atom. The molecule has 0 radical (unpaired) electrons. The fraction of sp³-hybridized carbons (Fsp3) is 1.00. The molecule has 1 atom stereocenters. The van der Waals surface area contributed by atoms with E-state index in [1.54, 1.807) is 0 Å². The molecule has 0 aromatic rings. The molecule has 1 aliphatic heterocycles. The first-order valence-electron chi connectivity index (χ1n) is 5.57. The summed E-state index contributed by atoms with van der Waals surface area (Å²) in [6, 6.07) is 0. The minimum Gasteiger partial charge on any atom is -0.303 e. The first kappa shape index (κ1) is 8.55. The van der Waals surface area contributed by atoms with Gasteiger partial charge in [-0.3, -0.25) is 0 Å². The number of rotatable bonds is 2. The number of nitrogens with zero attached hydrogens (tertiary/aromatic N) is 1. The lowest BCUT2D eigenvalue weighted by molar-refractivity contribution is 0.272. The zero-order valence-electron chi connectivity index (χ0n) is 8.26. The van der Waals surface area contributed by atoms with E-state index in [1.165, 1.54) is 51.7 Å². The van der Waals surface area contributed by atoms with Gasteiger partial charge in [0.15, 0.2) is 0 Å². The highest BCUT2D eigenvalue weighted by Crippen LogP contribution is 2.27. The maximum absolute atomic E-state index is 2.68. The van der Waals surface area contributed by atoms with Crippen LogP contribution in [0.25, 0.3) is 0 Å². The molecule has 0 amide bonds. The Morgan fingerprint density at radius 1 is 1.17 bits per heavy atom. The van der Waals surface area contributed by atoms with E-state index in [1.807, 2.05) is 0 Å². The molecule has 70 valence electrons. The van der Waals surface area contributed by atoms with Gasteiger partial charge in [0.05, 0.1) is 0 Å². The van der Waals surface area contributed by atoms with Gasteiger partial charge in [0.1, 0.15) is 0 Å². The van der Waals surface area contributed by atoms with Crippen molar-refractivity contribution in [3.05, 3.63) is 0 Å². The van der Waals surface area contributed by atoms with E-state index >= 15 is 0 Å². The van der Waals surface area contributed by atoms with Crippen LogP contribution in [0, 0.1) is 11.8 Å². The van der Waals surface area contributed by atoms with E-state index < -0.39 is 0 Å². The van der Waals surface area contributed by atoms with Crippen molar-refractivity contribution >= 4 is 0 Å². The van der Waals surface area contributed by atoms with E-state index in [0.717, 1.165) is 11.8 Å². The second-order valence-electron chi connectivity index (χ2n) is 4.80. The molecule has 1 nitrogen and oxygen atoms in total. The van der Waals surface area contributed by atoms with E-state index in [0.29, 0.717) is 0 Å². The Hall–Kier alpha value is -0.0400. The van der Waals surface area contributed by atoms with Crippen LogP contribution in [0.15, 0.2) is 0 Å². The molecule has 12 heavy (non-hydrogen) atoms. The van der Waals surface area contributed by atoms with Crippen molar-refractivity contribution in [1.82, 2.24) is 4.90 Å². The summed E-state index contributed by atoms with van der Waals surface area (Å²) in [4.78, 5) is 2.68. The highest BCUT2D eigenvalue weighted by atomic mass is 15.1. The Labute approximate surface area is 76.1 Å². The van der Waals surface area contributed by atoms with Crippen molar-refractivity contribution < 1.29 is 0 Å². The molecule has 0 aromatic carbocycles. The van der Waals surface area contributed by atoms with E-state index in [-0.39, 0.29) is 0 Å². The summed E-state index contributed by atoms with van der Waals surface area (Å²) >= 11 is 0. The normalized spacial score (nSPS) is 33.2. The van der Waals surface area contributed by atoms with Gasteiger partial charge in [0.25, 0.3) is 0 Å². The van der Waals surface area contributed by atoms with Crippen molar-refractivity contribution in [2.24, 2.45) is 11.8 Å². The first-order chi connectivity index (χ1) is 5.84. The molecule has 1 saturated heterocycles. The summed E-state index contributed by atoms with van der Waals surface area (Å²) in [6.45, 7) is 6.53. The molecule has 2 fully saturated rings. The first-order valence-corrected chi connectivity index (χ1v) is 5.57. The summed E-state index contributed by atoms with van der Waals surface area (Å²) in [6.07, 6.45) is 7.44. The summed E-state index contributed by atoms with van der Waals surface area (Å²) in [5, 5.41) is 0.